The van der Waals surface area contributed by atoms with Gasteiger partial charge in [-0.25, -0.2) is 13.5 Å². The summed E-state index contributed by atoms with van der Waals surface area (Å²) in [7, 11) is 0. The SMILES string of the molecule is O=C(c1ccc(OCC(F)(F)F)cc1)c1ccc(C(F)(F)C(O)(Cn2cnnn2)c2ccc(F)cc2F)nc1. The van der Waals surface area contributed by atoms with Gasteiger partial charge < -0.3 is 9.84 Å². The molecule has 39 heavy (non-hydrogen) atoms. The van der Waals surface area contributed by atoms with Crippen molar-refractivity contribution in [3.05, 3.63) is 101 Å². The highest BCUT2D eigenvalue weighted by Gasteiger charge is 2.58. The summed E-state index contributed by atoms with van der Waals surface area (Å²) in [6.07, 6.45) is -2.86. The summed E-state index contributed by atoms with van der Waals surface area (Å²) in [5, 5.41) is 21.2. The number of hydrogen-bond donors (Lipinski definition) is 1. The molecule has 2 heterocycles. The first kappa shape index (κ1) is 27.6. The minimum absolute atomic E-state index is 0.000704. The van der Waals surface area contributed by atoms with Crippen molar-refractivity contribution in [2.45, 2.75) is 24.2 Å². The van der Waals surface area contributed by atoms with Crippen LogP contribution in [-0.4, -0.2) is 48.9 Å². The van der Waals surface area contributed by atoms with Gasteiger partial charge in [0.2, 0.25) is 0 Å². The van der Waals surface area contributed by atoms with E-state index in [0.29, 0.717) is 18.2 Å². The molecule has 0 radical (unpaired) electrons. The zero-order valence-electron chi connectivity index (χ0n) is 19.4. The van der Waals surface area contributed by atoms with Crippen LogP contribution >= 0.6 is 0 Å². The zero-order valence-corrected chi connectivity index (χ0v) is 19.4. The van der Waals surface area contributed by atoms with Crippen LogP contribution in [0.5, 0.6) is 5.75 Å². The van der Waals surface area contributed by atoms with Gasteiger partial charge in [0.15, 0.2) is 18.0 Å². The van der Waals surface area contributed by atoms with Crippen LogP contribution in [-0.2, 0) is 18.1 Å². The lowest BCUT2D eigenvalue weighted by Gasteiger charge is -2.35. The van der Waals surface area contributed by atoms with Gasteiger partial charge in [-0.3, -0.25) is 9.78 Å². The normalized spacial score (nSPS) is 13.6. The highest BCUT2D eigenvalue weighted by atomic mass is 19.4. The van der Waals surface area contributed by atoms with Gasteiger partial charge in [0, 0.05) is 29.0 Å². The lowest BCUT2D eigenvalue weighted by atomic mass is 9.84. The zero-order chi connectivity index (χ0) is 28.4. The Hall–Kier alpha value is -4.40. The molecule has 4 rings (SSSR count). The van der Waals surface area contributed by atoms with Gasteiger partial charge in [0.1, 0.15) is 29.4 Å². The molecule has 0 saturated heterocycles. The average molecular weight is 555 g/mol. The number of carbonyl (C=O) groups is 1. The lowest BCUT2D eigenvalue weighted by molar-refractivity contribution is -0.207. The van der Waals surface area contributed by atoms with Crippen LogP contribution in [0.15, 0.2) is 67.1 Å². The topological polar surface area (TPSA) is 103 Å². The second-order valence-corrected chi connectivity index (χ2v) is 8.26. The number of nitrogens with zero attached hydrogens (tertiary/aromatic N) is 5. The minimum atomic E-state index is -4.55. The number of hydrogen-bond acceptors (Lipinski definition) is 7. The minimum Gasteiger partial charge on any atom is -0.484 e. The molecule has 204 valence electrons. The standard InChI is InChI=1S/C24H16F7N5O3/c25-16-4-7-18(19(26)9-16)22(38,11-36-13-33-34-35-36)24(30,31)20-8-3-15(10-32-20)21(37)14-1-5-17(6-2-14)39-12-23(27,28)29/h1-10,13,38H,11-12H2. The van der Waals surface area contributed by atoms with Crippen molar-refractivity contribution in [1.82, 2.24) is 25.2 Å². The highest BCUT2D eigenvalue weighted by Crippen LogP contribution is 2.46. The monoisotopic (exact) mass is 555 g/mol. The lowest BCUT2D eigenvalue weighted by Crippen LogP contribution is -2.48. The van der Waals surface area contributed by atoms with Crippen molar-refractivity contribution in [2.75, 3.05) is 6.61 Å². The van der Waals surface area contributed by atoms with Gasteiger partial charge in [0.05, 0.1) is 6.54 Å². The smallest absolute Gasteiger partial charge is 0.422 e. The average Bonchev–Trinajstić information content (AvgIpc) is 3.39. The number of rotatable bonds is 9. The molecule has 0 amide bonds. The van der Waals surface area contributed by atoms with E-state index in [9.17, 15) is 31.9 Å². The van der Waals surface area contributed by atoms with Gasteiger partial charge in [-0.2, -0.15) is 22.0 Å². The van der Waals surface area contributed by atoms with Gasteiger partial charge in [0.25, 0.3) is 0 Å². The Kier molecular flexibility index (Phi) is 7.37. The van der Waals surface area contributed by atoms with E-state index in [0.717, 1.165) is 41.5 Å². The number of ether oxygens (including phenoxy) is 1. The summed E-state index contributed by atoms with van der Waals surface area (Å²) in [5.74, 6) is -7.69. The summed E-state index contributed by atoms with van der Waals surface area (Å²) in [6, 6.07) is 8.00. The number of tetrazole rings is 1. The largest absolute Gasteiger partial charge is 0.484 e. The van der Waals surface area contributed by atoms with E-state index in [1.165, 1.54) is 12.1 Å². The first-order chi connectivity index (χ1) is 18.3. The van der Waals surface area contributed by atoms with Crippen LogP contribution in [0, 0.1) is 11.6 Å². The first-order valence-corrected chi connectivity index (χ1v) is 10.9. The number of aliphatic hydroxyl groups is 1. The molecule has 1 N–H and O–H groups in total. The van der Waals surface area contributed by atoms with Gasteiger partial charge in [-0.05, 0) is 59.0 Å². The van der Waals surface area contributed by atoms with Crippen molar-refractivity contribution < 1.29 is 45.4 Å². The van der Waals surface area contributed by atoms with Gasteiger partial charge in [-0.1, -0.05) is 0 Å². The number of benzene rings is 2. The Morgan fingerprint density at radius 2 is 1.64 bits per heavy atom. The third-order valence-electron chi connectivity index (χ3n) is 5.54. The second kappa shape index (κ2) is 10.4. The van der Waals surface area contributed by atoms with E-state index in [4.69, 9.17) is 0 Å². The molecule has 0 spiro atoms. The summed E-state index contributed by atoms with van der Waals surface area (Å²) in [6.45, 7) is -2.58. The third kappa shape index (κ3) is 5.87. The number of halogens is 7. The molecule has 0 aliphatic carbocycles. The van der Waals surface area contributed by atoms with E-state index in [1.54, 1.807) is 0 Å². The van der Waals surface area contributed by atoms with E-state index < -0.39 is 59.5 Å². The Morgan fingerprint density at radius 3 is 2.21 bits per heavy atom. The number of carbonyl (C=O) groups excluding carboxylic acids is 1. The number of ketones is 1. The molecule has 15 heteroatoms. The Balaban J connectivity index is 1.62. The van der Waals surface area contributed by atoms with Gasteiger partial charge >= 0.3 is 12.1 Å². The van der Waals surface area contributed by atoms with Crippen LogP contribution in [0.25, 0.3) is 0 Å². The molecule has 0 aliphatic rings. The van der Waals surface area contributed by atoms with Crippen LogP contribution < -0.4 is 4.74 Å². The third-order valence-corrected chi connectivity index (χ3v) is 5.54. The summed E-state index contributed by atoms with van der Waals surface area (Å²) < 4.78 is 102. The highest BCUT2D eigenvalue weighted by molar-refractivity contribution is 6.08. The van der Waals surface area contributed by atoms with Crippen LogP contribution in [0.3, 0.4) is 0 Å². The molecule has 1 unspecified atom stereocenters. The van der Waals surface area contributed by atoms with Gasteiger partial charge in [-0.15, -0.1) is 5.10 Å². The molecule has 8 nitrogen and oxygen atoms in total. The first-order valence-electron chi connectivity index (χ1n) is 10.9. The number of alkyl halides is 5. The van der Waals surface area contributed by atoms with Crippen LogP contribution in [0.4, 0.5) is 30.7 Å². The van der Waals surface area contributed by atoms with Crippen molar-refractivity contribution in [1.29, 1.82) is 0 Å². The fourth-order valence-electron chi connectivity index (χ4n) is 3.63. The van der Waals surface area contributed by atoms with Crippen LogP contribution in [0.1, 0.15) is 27.2 Å². The van der Waals surface area contributed by atoms with Crippen LogP contribution in [0.2, 0.25) is 0 Å². The molecular weight excluding hydrogens is 539 g/mol. The molecule has 0 bridgehead atoms. The quantitative estimate of drug-likeness (QED) is 0.244. The van der Waals surface area contributed by atoms with E-state index in [-0.39, 0.29) is 16.9 Å². The van der Waals surface area contributed by atoms with Crippen molar-refractivity contribution in [3.63, 3.8) is 0 Å². The molecule has 0 fully saturated rings. The molecule has 1 atom stereocenters. The summed E-state index contributed by atoms with van der Waals surface area (Å²) >= 11 is 0. The maximum Gasteiger partial charge on any atom is 0.422 e. The Labute approximate surface area is 214 Å². The van der Waals surface area contributed by atoms with Crippen molar-refractivity contribution in [2.24, 2.45) is 0 Å². The second-order valence-electron chi connectivity index (χ2n) is 8.26. The predicted molar refractivity (Wildman–Crippen MR) is 118 cm³/mol. The van der Waals surface area contributed by atoms with E-state index >= 15 is 8.78 Å². The molecule has 0 aliphatic heterocycles. The van der Waals surface area contributed by atoms with Crippen molar-refractivity contribution in [3.8, 4) is 5.75 Å². The Bertz CT molecular complexity index is 1450. The molecule has 2 aromatic heterocycles. The molecule has 4 aromatic rings. The predicted octanol–water partition coefficient (Wildman–Crippen LogP) is 4.20. The van der Waals surface area contributed by atoms with E-state index in [1.807, 2.05) is 0 Å². The van der Waals surface area contributed by atoms with Crippen molar-refractivity contribution >= 4 is 5.78 Å². The summed E-state index contributed by atoms with van der Waals surface area (Å²) in [5.41, 5.74) is -5.55. The molecule has 2 aromatic carbocycles. The number of aromatic nitrogens is 5. The fourth-order valence-corrected chi connectivity index (χ4v) is 3.63. The fraction of sp³-hybridized carbons (Fsp3) is 0.208. The summed E-state index contributed by atoms with van der Waals surface area (Å²) in [4.78, 5) is 16.3. The maximum absolute atomic E-state index is 15.8. The molecular formula is C24H16F7N5O3. The maximum atomic E-state index is 15.8. The Morgan fingerprint density at radius 1 is 0.949 bits per heavy atom. The van der Waals surface area contributed by atoms with E-state index in [2.05, 4.69) is 25.2 Å². The molecule has 0 saturated carbocycles. The number of pyridine rings is 1.